The van der Waals surface area contributed by atoms with E-state index < -0.39 is 0 Å². The first kappa shape index (κ1) is 12.7. The van der Waals surface area contributed by atoms with Crippen molar-refractivity contribution in [2.24, 2.45) is 13.0 Å². The van der Waals surface area contributed by atoms with Gasteiger partial charge in [0.25, 0.3) is 0 Å². The van der Waals surface area contributed by atoms with Gasteiger partial charge in [0, 0.05) is 12.3 Å². The predicted molar refractivity (Wildman–Crippen MR) is 70.6 cm³/mol. The molecule has 0 radical (unpaired) electrons. The number of aryl methyl sites for hydroxylation is 2. The van der Waals surface area contributed by atoms with Crippen LogP contribution in [0.4, 0.5) is 0 Å². The molecule has 1 aromatic heterocycles. The maximum atomic E-state index is 11.1. The van der Waals surface area contributed by atoms with Crippen molar-refractivity contribution in [1.82, 2.24) is 9.78 Å². The third-order valence-corrected chi connectivity index (χ3v) is 4.97. The number of aldehydes is 1. The minimum atomic E-state index is 0.646. The summed E-state index contributed by atoms with van der Waals surface area (Å²) in [6.45, 7) is 4.22. The lowest BCUT2D eigenvalue weighted by Crippen LogP contribution is -2.15. The molecule has 4 heteroatoms. The summed E-state index contributed by atoms with van der Waals surface area (Å²) in [4.78, 5) is 11.1. The van der Waals surface area contributed by atoms with E-state index in [0.29, 0.717) is 5.25 Å². The molecule has 3 nitrogen and oxygen atoms in total. The molecule has 17 heavy (non-hydrogen) atoms. The molecule has 0 saturated heterocycles. The second-order valence-corrected chi connectivity index (χ2v) is 6.35. The van der Waals surface area contributed by atoms with E-state index in [1.807, 2.05) is 30.4 Å². The summed E-state index contributed by atoms with van der Waals surface area (Å²) >= 11 is 1.84. The SMILES string of the molecule is Cc1nn(C)c(SC2CCCC(C)C2)c1C=O. The Morgan fingerprint density at radius 2 is 2.24 bits per heavy atom. The van der Waals surface area contributed by atoms with Crippen LogP contribution in [0.5, 0.6) is 0 Å². The summed E-state index contributed by atoms with van der Waals surface area (Å²) in [7, 11) is 1.93. The molecule has 1 fully saturated rings. The fourth-order valence-corrected chi connectivity index (χ4v) is 4.11. The van der Waals surface area contributed by atoms with Crippen LogP contribution in [-0.4, -0.2) is 21.3 Å². The molecule has 0 amide bonds. The van der Waals surface area contributed by atoms with Gasteiger partial charge in [-0.15, -0.1) is 11.8 Å². The van der Waals surface area contributed by atoms with Crippen molar-refractivity contribution in [1.29, 1.82) is 0 Å². The highest BCUT2D eigenvalue weighted by Crippen LogP contribution is 2.37. The summed E-state index contributed by atoms with van der Waals surface area (Å²) in [6.07, 6.45) is 6.12. The average molecular weight is 252 g/mol. The molecular weight excluding hydrogens is 232 g/mol. The Kier molecular flexibility index (Phi) is 3.92. The van der Waals surface area contributed by atoms with E-state index in [0.717, 1.165) is 28.5 Å². The van der Waals surface area contributed by atoms with Gasteiger partial charge in [-0.25, -0.2) is 0 Å². The van der Waals surface area contributed by atoms with Gasteiger partial charge in [-0.05, 0) is 25.7 Å². The molecule has 1 saturated carbocycles. The number of aromatic nitrogens is 2. The first-order valence-corrected chi connectivity index (χ1v) is 7.15. The lowest BCUT2D eigenvalue weighted by molar-refractivity contribution is 0.112. The van der Waals surface area contributed by atoms with Crippen LogP contribution in [0.25, 0.3) is 0 Å². The van der Waals surface area contributed by atoms with E-state index in [9.17, 15) is 4.79 Å². The van der Waals surface area contributed by atoms with Gasteiger partial charge < -0.3 is 0 Å². The van der Waals surface area contributed by atoms with Crippen LogP contribution in [-0.2, 0) is 7.05 Å². The topological polar surface area (TPSA) is 34.9 Å². The number of thioether (sulfide) groups is 1. The van der Waals surface area contributed by atoms with Crippen molar-refractivity contribution in [2.75, 3.05) is 0 Å². The Hall–Kier alpha value is -0.770. The zero-order chi connectivity index (χ0) is 12.4. The zero-order valence-electron chi connectivity index (χ0n) is 10.8. The van der Waals surface area contributed by atoms with Crippen molar-refractivity contribution >= 4 is 18.0 Å². The van der Waals surface area contributed by atoms with Crippen LogP contribution < -0.4 is 0 Å². The van der Waals surface area contributed by atoms with E-state index in [2.05, 4.69) is 12.0 Å². The average Bonchev–Trinajstić information content (AvgIpc) is 2.53. The number of rotatable bonds is 3. The number of nitrogens with zero attached hydrogens (tertiary/aromatic N) is 2. The number of hydrogen-bond donors (Lipinski definition) is 0. The molecule has 2 unspecified atom stereocenters. The lowest BCUT2D eigenvalue weighted by atomic mass is 9.91. The van der Waals surface area contributed by atoms with Crippen LogP contribution >= 0.6 is 11.8 Å². The van der Waals surface area contributed by atoms with E-state index in [1.165, 1.54) is 25.7 Å². The Morgan fingerprint density at radius 1 is 1.47 bits per heavy atom. The van der Waals surface area contributed by atoms with Gasteiger partial charge in [0.15, 0.2) is 6.29 Å². The van der Waals surface area contributed by atoms with Crippen molar-refractivity contribution in [2.45, 2.75) is 49.8 Å². The predicted octanol–water partition coefficient (Wildman–Crippen LogP) is 3.21. The smallest absolute Gasteiger partial charge is 0.154 e. The van der Waals surface area contributed by atoms with Crippen LogP contribution in [0.1, 0.15) is 48.7 Å². The molecule has 2 atom stereocenters. The molecule has 0 aliphatic heterocycles. The van der Waals surface area contributed by atoms with Crippen molar-refractivity contribution < 1.29 is 4.79 Å². The highest BCUT2D eigenvalue weighted by Gasteiger charge is 2.23. The van der Waals surface area contributed by atoms with Gasteiger partial charge in [-0.2, -0.15) is 5.10 Å². The third-order valence-electron chi connectivity index (χ3n) is 3.50. The highest BCUT2D eigenvalue weighted by atomic mass is 32.2. The number of carbonyl (C=O) groups excluding carboxylic acids is 1. The normalized spacial score (nSPS) is 24.9. The van der Waals surface area contributed by atoms with Gasteiger partial charge in [0.1, 0.15) is 5.03 Å². The minimum Gasteiger partial charge on any atom is -0.298 e. The molecule has 0 N–H and O–H groups in total. The molecular formula is C13H20N2OS. The first-order valence-electron chi connectivity index (χ1n) is 6.27. The first-order chi connectivity index (χ1) is 8.11. The molecule has 1 aliphatic rings. The number of hydrogen-bond acceptors (Lipinski definition) is 3. The summed E-state index contributed by atoms with van der Waals surface area (Å²) in [5.74, 6) is 0.815. The molecule has 0 spiro atoms. The summed E-state index contributed by atoms with van der Waals surface area (Å²) in [6, 6.07) is 0. The summed E-state index contributed by atoms with van der Waals surface area (Å²) in [5, 5.41) is 6.02. The molecule has 0 bridgehead atoms. The van der Waals surface area contributed by atoms with Gasteiger partial charge in [0.2, 0.25) is 0 Å². The Balaban J connectivity index is 2.15. The van der Waals surface area contributed by atoms with E-state index in [4.69, 9.17) is 0 Å². The summed E-state index contributed by atoms with van der Waals surface area (Å²) < 4.78 is 1.85. The molecule has 2 rings (SSSR count). The fraction of sp³-hybridized carbons (Fsp3) is 0.692. The molecule has 0 aromatic carbocycles. The fourth-order valence-electron chi connectivity index (χ4n) is 2.57. The van der Waals surface area contributed by atoms with Gasteiger partial charge in [-0.1, -0.05) is 19.8 Å². The van der Waals surface area contributed by atoms with E-state index in [-0.39, 0.29) is 0 Å². The summed E-state index contributed by atoms with van der Waals surface area (Å²) in [5.41, 5.74) is 1.62. The van der Waals surface area contributed by atoms with Crippen molar-refractivity contribution in [3.8, 4) is 0 Å². The van der Waals surface area contributed by atoms with Crippen LogP contribution in [0.15, 0.2) is 5.03 Å². The maximum absolute atomic E-state index is 11.1. The largest absolute Gasteiger partial charge is 0.298 e. The van der Waals surface area contributed by atoms with Gasteiger partial charge in [0.05, 0.1) is 11.3 Å². The standard InChI is InChI=1S/C13H20N2OS/c1-9-5-4-6-11(7-9)17-13-12(8-16)10(2)14-15(13)3/h8-9,11H,4-7H2,1-3H3. The van der Waals surface area contributed by atoms with Crippen molar-refractivity contribution in [3.63, 3.8) is 0 Å². The second-order valence-electron chi connectivity index (χ2n) is 5.06. The van der Waals surface area contributed by atoms with Crippen molar-refractivity contribution in [3.05, 3.63) is 11.3 Å². The quantitative estimate of drug-likeness (QED) is 0.775. The highest BCUT2D eigenvalue weighted by molar-refractivity contribution is 8.00. The Bertz CT molecular complexity index is 414. The van der Waals surface area contributed by atoms with E-state index >= 15 is 0 Å². The van der Waals surface area contributed by atoms with Gasteiger partial charge in [-0.3, -0.25) is 9.48 Å². The van der Waals surface area contributed by atoms with Crippen LogP contribution in [0.2, 0.25) is 0 Å². The van der Waals surface area contributed by atoms with Gasteiger partial charge >= 0.3 is 0 Å². The minimum absolute atomic E-state index is 0.646. The Morgan fingerprint density at radius 3 is 2.88 bits per heavy atom. The third kappa shape index (κ3) is 2.73. The Labute approximate surface area is 107 Å². The molecule has 1 aromatic rings. The molecule has 1 heterocycles. The molecule has 1 aliphatic carbocycles. The lowest BCUT2D eigenvalue weighted by Gasteiger charge is -2.26. The second kappa shape index (κ2) is 5.25. The monoisotopic (exact) mass is 252 g/mol. The number of carbonyl (C=O) groups is 1. The maximum Gasteiger partial charge on any atom is 0.154 e. The van der Waals surface area contributed by atoms with E-state index in [1.54, 1.807) is 0 Å². The van der Waals surface area contributed by atoms with Crippen LogP contribution in [0.3, 0.4) is 0 Å². The molecule has 94 valence electrons. The van der Waals surface area contributed by atoms with Crippen LogP contribution in [0, 0.1) is 12.8 Å². The zero-order valence-corrected chi connectivity index (χ0v) is 11.6.